The van der Waals surface area contributed by atoms with E-state index in [0.29, 0.717) is 5.82 Å². The summed E-state index contributed by atoms with van der Waals surface area (Å²) in [6, 6.07) is 0. The van der Waals surface area contributed by atoms with E-state index in [2.05, 4.69) is 10.3 Å². The van der Waals surface area contributed by atoms with Crippen molar-refractivity contribution in [3.8, 4) is 0 Å². The molecule has 5 heteroatoms. The first kappa shape index (κ1) is 9.21. The van der Waals surface area contributed by atoms with Crippen LogP contribution in [0.15, 0.2) is 12.4 Å². The zero-order valence-corrected chi connectivity index (χ0v) is 8.23. The Kier molecular flexibility index (Phi) is 2.49. The van der Waals surface area contributed by atoms with Crippen molar-refractivity contribution >= 4 is 5.91 Å². The van der Waals surface area contributed by atoms with E-state index in [4.69, 9.17) is 0 Å². The minimum atomic E-state index is 0.0269. The Morgan fingerprint density at radius 2 is 2.21 bits per heavy atom. The van der Waals surface area contributed by atoms with Gasteiger partial charge in [-0.25, -0.2) is 4.98 Å². The largest absolute Gasteiger partial charge is 0.333 e. The molecule has 0 unspecified atom stereocenters. The first-order chi connectivity index (χ1) is 6.79. The Morgan fingerprint density at radius 3 is 2.79 bits per heavy atom. The van der Waals surface area contributed by atoms with Crippen molar-refractivity contribution < 1.29 is 4.79 Å². The lowest BCUT2D eigenvalue weighted by Crippen LogP contribution is -2.47. The molecule has 1 saturated heterocycles. The highest BCUT2D eigenvalue weighted by Crippen LogP contribution is 2.02. The van der Waals surface area contributed by atoms with Crippen LogP contribution in [0.3, 0.4) is 0 Å². The summed E-state index contributed by atoms with van der Waals surface area (Å²) < 4.78 is 1.75. The lowest BCUT2D eigenvalue weighted by molar-refractivity contribution is 0.0720. The van der Waals surface area contributed by atoms with Crippen LogP contribution in [-0.2, 0) is 7.05 Å². The Balaban J connectivity index is 2.11. The van der Waals surface area contributed by atoms with E-state index in [1.165, 1.54) is 0 Å². The van der Waals surface area contributed by atoms with Gasteiger partial charge in [-0.3, -0.25) is 4.79 Å². The third-order valence-corrected chi connectivity index (χ3v) is 2.42. The van der Waals surface area contributed by atoms with E-state index in [0.717, 1.165) is 26.2 Å². The van der Waals surface area contributed by atoms with Crippen LogP contribution in [0.4, 0.5) is 0 Å². The normalized spacial score (nSPS) is 17.1. The molecule has 0 radical (unpaired) electrons. The van der Waals surface area contributed by atoms with Crippen molar-refractivity contribution in [2.75, 3.05) is 26.2 Å². The van der Waals surface area contributed by atoms with Gasteiger partial charge in [-0.05, 0) is 0 Å². The predicted octanol–water partition coefficient (Wildman–Crippen LogP) is -0.535. The average Bonchev–Trinajstić information content (AvgIpc) is 2.65. The molecule has 1 aromatic rings. The Labute approximate surface area is 82.7 Å². The Morgan fingerprint density at radius 1 is 1.50 bits per heavy atom. The molecule has 1 fully saturated rings. The number of amides is 1. The lowest BCUT2D eigenvalue weighted by atomic mass is 10.3. The summed E-state index contributed by atoms with van der Waals surface area (Å²) in [4.78, 5) is 17.8. The Hall–Kier alpha value is -1.36. The van der Waals surface area contributed by atoms with Gasteiger partial charge in [0.25, 0.3) is 5.91 Å². The predicted molar refractivity (Wildman–Crippen MR) is 52.0 cm³/mol. The van der Waals surface area contributed by atoms with Crippen molar-refractivity contribution in [1.82, 2.24) is 19.8 Å². The molecule has 5 nitrogen and oxygen atoms in total. The first-order valence-corrected chi connectivity index (χ1v) is 4.76. The molecule has 0 atom stereocenters. The topological polar surface area (TPSA) is 50.2 Å². The fourth-order valence-electron chi connectivity index (χ4n) is 1.58. The number of piperazine rings is 1. The van der Waals surface area contributed by atoms with Crippen molar-refractivity contribution in [3.63, 3.8) is 0 Å². The van der Waals surface area contributed by atoms with E-state index in [-0.39, 0.29) is 5.91 Å². The molecule has 1 N–H and O–H groups in total. The summed E-state index contributed by atoms with van der Waals surface area (Å²) in [7, 11) is 1.84. The molecular formula is C9H14N4O. The third-order valence-electron chi connectivity index (χ3n) is 2.42. The molecule has 0 spiro atoms. The third kappa shape index (κ3) is 1.63. The van der Waals surface area contributed by atoms with Gasteiger partial charge in [0.2, 0.25) is 0 Å². The number of carbonyl (C=O) groups excluding carboxylic acids is 1. The van der Waals surface area contributed by atoms with Crippen LogP contribution in [0, 0.1) is 0 Å². The first-order valence-electron chi connectivity index (χ1n) is 4.76. The van der Waals surface area contributed by atoms with Gasteiger partial charge in [0.05, 0.1) is 0 Å². The molecule has 2 rings (SSSR count). The average molecular weight is 194 g/mol. The van der Waals surface area contributed by atoms with Crippen LogP contribution < -0.4 is 5.32 Å². The van der Waals surface area contributed by atoms with Gasteiger partial charge < -0.3 is 14.8 Å². The highest BCUT2D eigenvalue weighted by Gasteiger charge is 2.20. The number of nitrogens with zero attached hydrogens (tertiary/aromatic N) is 3. The van der Waals surface area contributed by atoms with Crippen LogP contribution in [0.5, 0.6) is 0 Å². The second kappa shape index (κ2) is 3.79. The zero-order valence-electron chi connectivity index (χ0n) is 8.23. The summed E-state index contributed by atoms with van der Waals surface area (Å²) in [5.41, 5.74) is 0. The van der Waals surface area contributed by atoms with Crippen molar-refractivity contribution in [2.24, 2.45) is 7.05 Å². The number of nitrogens with one attached hydrogen (secondary N) is 1. The molecule has 1 amide bonds. The highest BCUT2D eigenvalue weighted by molar-refractivity contribution is 5.90. The SMILES string of the molecule is Cn1ccnc1C(=O)N1CCNCC1. The molecule has 0 bridgehead atoms. The number of carbonyl (C=O) groups is 1. The monoisotopic (exact) mass is 194 g/mol. The van der Waals surface area contributed by atoms with Crippen LogP contribution in [0.2, 0.25) is 0 Å². The van der Waals surface area contributed by atoms with Gasteiger partial charge in [-0.15, -0.1) is 0 Å². The maximum absolute atomic E-state index is 11.9. The fourth-order valence-corrected chi connectivity index (χ4v) is 1.58. The maximum atomic E-state index is 11.9. The van der Waals surface area contributed by atoms with Crippen molar-refractivity contribution in [3.05, 3.63) is 18.2 Å². The Bertz CT molecular complexity index is 327. The molecular weight excluding hydrogens is 180 g/mol. The second-order valence-corrected chi connectivity index (χ2v) is 3.40. The van der Waals surface area contributed by atoms with E-state index in [1.807, 2.05) is 11.9 Å². The number of hydrogen-bond donors (Lipinski definition) is 1. The minimum absolute atomic E-state index is 0.0269. The molecule has 76 valence electrons. The quantitative estimate of drug-likeness (QED) is 0.653. The number of aromatic nitrogens is 2. The number of hydrogen-bond acceptors (Lipinski definition) is 3. The number of aryl methyl sites for hydroxylation is 1. The molecule has 0 saturated carbocycles. The molecule has 2 heterocycles. The summed E-state index contributed by atoms with van der Waals surface area (Å²) in [5.74, 6) is 0.547. The van der Waals surface area contributed by atoms with Crippen molar-refractivity contribution in [1.29, 1.82) is 0 Å². The highest BCUT2D eigenvalue weighted by atomic mass is 16.2. The van der Waals surface area contributed by atoms with Gasteiger partial charge in [-0.1, -0.05) is 0 Å². The second-order valence-electron chi connectivity index (χ2n) is 3.40. The molecule has 0 aromatic carbocycles. The number of rotatable bonds is 1. The van der Waals surface area contributed by atoms with E-state index in [9.17, 15) is 4.79 Å². The van der Waals surface area contributed by atoms with Crippen LogP contribution in [-0.4, -0.2) is 46.5 Å². The van der Waals surface area contributed by atoms with Gasteiger partial charge in [0.15, 0.2) is 5.82 Å². The summed E-state index contributed by atoms with van der Waals surface area (Å²) >= 11 is 0. The lowest BCUT2D eigenvalue weighted by Gasteiger charge is -2.26. The molecule has 1 aliphatic heterocycles. The molecule has 1 aromatic heterocycles. The van der Waals surface area contributed by atoms with Gasteiger partial charge in [0, 0.05) is 45.6 Å². The van der Waals surface area contributed by atoms with Gasteiger partial charge in [-0.2, -0.15) is 0 Å². The molecule has 0 aliphatic carbocycles. The van der Waals surface area contributed by atoms with Gasteiger partial charge >= 0.3 is 0 Å². The van der Waals surface area contributed by atoms with E-state index >= 15 is 0 Å². The van der Waals surface area contributed by atoms with E-state index in [1.54, 1.807) is 17.0 Å². The summed E-state index contributed by atoms with van der Waals surface area (Å²) in [6.45, 7) is 3.28. The molecule has 14 heavy (non-hydrogen) atoms. The van der Waals surface area contributed by atoms with Gasteiger partial charge in [0.1, 0.15) is 0 Å². The summed E-state index contributed by atoms with van der Waals surface area (Å²) in [6.07, 6.45) is 3.44. The van der Waals surface area contributed by atoms with Crippen LogP contribution in [0.1, 0.15) is 10.6 Å². The minimum Gasteiger partial charge on any atom is -0.333 e. The summed E-state index contributed by atoms with van der Waals surface area (Å²) in [5, 5.41) is 3.21. The smallest absolute Gasteiger partial charge is 0.289 e. The molecule has 1 aliphatic rings. The van der Waals surface area contributed by atoms with Crippen LogP contribution >= 0.6 is 0 Å². The maximum Gasteiger partial charge on any atom is 0.289 e. The number of imidazole rings is 1. The zero-order chi connectivity index (χ0) is 9.97. The fraction of sp³-hybridized carbons (Fsp3) is 0.556. The van der Waals surface area contributed by atoms with E-state index < -0.39 is 0 Å². The van der Waals surface area contributed by atoms with Crippen molar-refractivity contribution in [2.45, 2.75) is 0 Å². The van der Waals surface area contributed by atoms with Crippen LogP contribution in [0.25, 0.3) is 0 Å². The standard InChI is InChI=1S/C9H14N4O/c1-12-5-4-11-8(12)9(14)13-6-2-10-3-7-13/h4-5,10H,2-3,6-7H2,1H3.